The Labute approximate surface area is 99.0 Å². The second kappa shape index (κ2) is 4.45. The molecule has 0 aliphatic carbocycles. The number of carbonyl (C=O) groups is 2. The molecule has 2 N–H and O–H groups in total. The minimum absolute atomic E-state index is 0.00589. The molecule has 1 heterocycles. The standard InChI is InChI=1S/C12H14N2O3/c1-8-7-14(13-12(8)17)10-4-2-3-9(5-10)6-11(15)16/h2-5,8H,6-7H2,1H3,(H,13,17)(H,15,16). The molecule has 0 aromatic heterocycles. The Morgan fingerprint density at radius 3 is 2.94 bits per heavy atom. The number of carboxylic acids is 1. The van der Waals surface area contributed by atoms with Crippen LogP contribution < -0.4 is 10.4 Å². The van der Waals surface area contributed by atoms with Crippen molar-refractivity contribution in [2.24, 2.45) is 5.92 Å². The third-order valence-corrected chi connectivity index (χ3v) is 2.73. The molecule has 1 aromatic carbocycles. The van der Waals surface area contributed by atoms with Crippen molar-refractivity contribution in [1.82, 2.24) is 5.43 Å². The normalized spacial score (nSPS) is 19.2. The van der Waals surface area contributed by atoms with Crippen molar-refractivity contribution in [3.8, 4) is 0 Å². The van der Waals surface area contributed by atoms with Gasteiger partial charge in [0.1, 0.15) is 0 Å². The van der Waals surface area contributed by atoms with Crippen molar-refractivity contribution < 1.29 is 14.7 Å². The minimum Gasteiger partial charge on any atom is -0.481 e. The summed E-state index contributed by atoms with van der Waals surface area (Å²) in [4.78, 5) is 22.0. The molecule has 1 aromatic rings. The van der Waals surface area contributed by atoms with E-state index in [1.807, 2.05) is 13.0 Å². The van der Waals surface area contributed by atoms with E-state index in [1.165, 1.54) is 0 Å². The monoisotopic (exact) mass is 234 g/mol. The maximum Gasteiger partial charge on any atom is 0.307 e. The van der Waals surface area contributed by atoms with E-state index in [-0.39, 0.29) is 18.2 Å². The van der Waals surface area contributed by atoms with E-state index in [9.17, 15) is 9.59 Å². The van der Waals surface area contributed by atoms with Crippen LogP contribution in [0.5, 0.6) is 0 Å². The highest BCUT2D eigenvalue weighted by atomic mass is 16.4. The molecule has 1 fully saturated rings. The van der Waals surface area contributed by atoms with Gasteiger partial charge in [0.05, 0.1) is 24.6 Å². The van der Waals surface area contributed by atoms with Gasteiger partial charge in [0.25, 0.3) is 0 Å². The minimum atomic E-state index is -0.860. The first-order valence-corrected chi connectivity index (χ1v) is 5.45. The van der Waals surface area contributed by atoms with Crippen LogP contribution in [0.25, 0.3) is 0 Å². The van der Waals surface area contributed by atoms with Crippen LogP contribution in [0.3, 0.4) is 0 Å². The third-order valence-electron chi connectivity index (χ3n) is 2.73. The summed E-state index contributed by atoms with van der Waals surface area (Å²) in [7, 11) is 0. The summed E-state index contributed by atoms with van der Waals surface area (Å²) in [6, 6.07) is 7.19. The summed E-state index contributed by atoms with van der Waals surface area (Å²) < 4.78 is 0. The topological polar surface area (TPSA) is 69.6 Å². The van der Waals surface area contributed by atoms with Crippen LogP contribution in [0.2, 0.25) is 0 Å². The Bertz CT molecular complexity index is 459. The zero-order valence-electron chi connectivity index (χ0n) is 9.51. The fourth-order valence-electron chi connectivity index (χ4n) is 1.82. The fraction of sp³-hybridized carbons (Fsp3) is 0.333. The summed E-state index contributed by atoms with van der Waals surface area (Å²) >= 11 is 0. The molecule has 5 heteroatoms. The van der Waals surface area contributed by atoms with E-state index in [0.717, 1.165) is 11.3 Å². The van der Waals surface area contributed by atoms with E-state index >= 15 is 0 Å². The van der Waals surface area contributed by atoms with Crippen LogP contribution in [0, 0.1) is 5.92 Å². The van der Waals surface area contributed by atoms with Crippen molar-refractivity contribution in [3.05, 3.63) is 29.8 Å². The number of anilines is 1. The summed E-state index contributed by atoms with van der Waals surface area (Å²) in [6.45, 7) is 2.46. The molecule has 0 radical (unpaired) electrons. The summed E-state index contributed by atoms with van der Waals surface area (Å²) in [6.07, 6.45) is -0.00875. The molecular weight excluding hydrogens is 220 g/mol. The number of hydrogen-bond donors (Lipinski definition) is 2. The molecule has 1 aliphatic heterocycles. The molecule has 0 bridgehead atoms. The zero-order chi connectivity index (χ0) is 12.4. The first kappa shape index (κ1) is 11.4. The number of hydrogen-bond acceptors (Lipinski definition) is 3. The fourth-order valence-corrected chi connectivity index (χ4v) is 1.82. The zero-order valence-corrected chi connectivity index (χ0v) is 9.51. The van der Waals surface area contributed by atoms with Gasteiger partial charge in [-0.1, -0.05) is 19.1 Å². The summed E-state index contributed by atoms with van der Waals surface area (Å²) in [5.41, 5.74) is 4.29. The lowest BCUT2D eigenvalue weighted by atomic mass is 10.1. The van der Waals surface area contributed by atoms with Gasteiger partial charge in [0.2, 0.25) is 5.91 Å². The Hall–Kier alpha value is -2.04. The maximum absolute atomic E-state index is 11.4. The summed E-state index contributed by atoms with van der Waals surface area (Å²) in [5, 5.41) is 10.5. The predicted molar refractivity (Wildman–Crippen MR) is 62.4 cm³/mol. The summed E-state index contributed by atoms with van der Waals surface area (Å²) in [5.74, 6) is -0.909. The van der Waals surface area contributed by atoms with Crippen LogP contribution in [-0.2, 0) is 16.0 Å². The predicted octanol–water partition coefficient (Wildman–Crippen LogP) is 0.801. The second-order valence-corrected chi connectivity index (χ2v) is 4.23. The number of aliphatic carboxylic acids is 1. The van der Waals surface area contributed by atoms with Gasteiger partial charge in [-0.05, 0) is 17.7 Å². The van der Waals surface area contributed by atoms with Gasteiger partial charge in [0, 0.05) is 0 Å². The highest BCUT2D eigenvalue weighted by Crippen LogP contribution is 2.19. The highest BCUT2D eigenvalue weighted by Gasteiger charge is 2.26. The highest BCUT2D eigenvalue weighted by molar-refractivity contribution is 5.84. The van der Waals surface area contributed by atoms with Gasteiger partial charge in [0.15, 0.2) is 0 Å². The molecule has 17 heavy (non-hydrogen) atoms. The van der Waals surface area contributed by atoms with Crippen LogP contribution in [0.1, 0.15) is 12.5 Å². The number of rotatable bonds is 3. The molecule has 1 unspecified atom stereocenters. The molecule has 90 valence electrons. The van der Waals surface area contributed by atoms with Gasteiger partial charge in [-0.15, -0.1) is 0 Å². The average molecular weight is 234 g/mol. The first-order chi connectivity index (χ1) is 8.06. The van der Waals surface area contributed by atoms with Gasteiger partial charge in [-0.25, -0.2) is 0 Å². The molecule has 1 saturated heterocycles. The number of benzene rings is 1. The van der Waals surface area contributed by atoms with E-state index in [1.54, 1.807) is 23.2 Å². The maximum atomic E-state index is 11.4. The molecule has 2 rings (SSSR count). The Morgan fingerprint density at radius 2 is 2.35 bits per heavy atom. The van der Waals surface area contributed by atoms with E-state index < -0.39 is 5.97 Å². The van der Waals surface area contributed by atoms with Crippen LogP contribution in [0.15, 0.2) is 24.3 Å². The Kier molecular flexibility index (Phi) is 2.99. The molecule has 1 atom stereocenters. The van der Waals surface area contributed by atoms with Crippen LogP contribution >= 0.6 is 0 Å². The van der Waals surface area contributed by atoms with Gasteiger partial charge in [-0.3, -0.25) is 20.0 Å². The van der Waals surface area contributed by atoms with Gasteiger partial charge < -0.3 is 5.11 Å². The third kappa shape index (κ3) is 2.55. The van der Waals surface area contributed by atoms with Crippen molar-refractivity contribution >= 4 is 17.6 Å². The van der Waals surface area contributed by atoms with Crippen molar-refractivity contribution in [1.29, 1.82) is 0 Å². The van der Waals surface area contributed by atoms with Crippen molar-refractivity contribution in [2.75, 3.05) is 11.6 Å². The molecule has 5 nitrogen and oxygen atoms in total. The molecule has 1 aliphatic rings. The SMILES string of the molecule is CC1CN(c2cccc(CC(=O)O)c2)NC1=O. The lowest BCUT2D eigenvalue weighted by Gasteiger charge is -2.17. The van der Waals surface area contributed by atoms with E-state index in [4.69, 9.17) is 5.11 Å². The molecule has 0 spiro atoms. The van der Waals surface area contributed by atoms with Crippen LogP contribution in [0.4, 0.5) is 5.69 Å². The number of hydrazine groups is 1. The smallest absolute Gasteiger partial charge is 0.307 e. The first-order valence-electron chi connectivity index (χ1n) is 5.45. The molecule has 0 saturated carbocycles. The molecular formula is C12H14N2O3. The van der Waals surface area contributed by atoms with Gasteiger partial charge in [-0.2, -0.15) is 0 Å². The average Bonchev–Trinajstić information content (AvgIpc) is 2.59. The number of carboxylic acid groups (broad SMARTS) is 1. The Balaban J connectivity index is 2.16. The Morgan fingerprint density at radius 1 is 1.59 bits per heavy atom. The quantitative estimate of drug-likeness (QED) is 0.811. The number of amides is 1. The lowest BCUT2D eigenvalue weighted by Crippen LogP contribution is -2.32. The van der Waals surface area contributed by atoms with Crippen molar-refractivity contribution in [2.45, 2.75) is 13.3 Å². The lowest BCUT2D eigenvalue weighted by molar-refractivity contribution is -0.136. The van der Waals surface area contributed by atoms with Crippen LogP contribution in [-0.4, -0.2) is 23.5 Å². The van der Waals surface area contributed by atoms with Crippen molar-refractivity contribution in [3.63, 3.8) is 0 Å². The number of nitrogens with one attached hydrogen (secondary N) is 1. The largest absolute Gasteiger partial charge is 0.481 e. The van der Waals surface area contributed by atoms with Gasteiger partial charge >= 0.3 is 5.97 Å². The van der Waals surface area contributed by atoms with E-state index in [2.05, 4.69) is 5.43 Å². The molecule has 1 amide bonds. The second-order valence-electron chi connectivity index (χ2n) is 4.23. The van der Waals surface area contributed by atoms with E-state index in [0.29, 0.717) is 6.54 Å². The number of carbonyl (C=O) groups excluding carboxylic acids is 1. The number of nitrogens with zero attached hydrogens (tertiary/aromatic N) is 1.